The summed E-state index contributed by atoms with van der Waals surface area (Å²) in [5.74, 6) is 2.19. The van der Waals surface area contributed by atoms with Gasteiger partial charge in [-0.05, 0) is 62.7 Å². The average Bonchev–Trinajstić information content (AvgIpc) is 3.50. The zero-order valence-electron chi connectivity index (χ0n) is 14.2. The van der Waals surface area contributed by atoms with Gasteiger partial charge in [0, 0.05) is 19.8 Å². The van der Waals surface area contributed by atoms with Crippen LogP contribution in [0.5, 0.6) is 0 Å². The first-order chi connectivity index (χ1) is 11.7. The van der Waals surface area contributed by atoms with E-state index in [1.807, 2.05) is 0 Å². The van der Waals surface area contributed by atoms with Crippen LogP contribution in [0.25, 0.3) is 0 Å². The van der Waals surface area contributed by atoms with E-state index in [2.05, 4.69) is 20.8 Å². The maximum Gasteiger partial charge on any atom is 0.315 e. The van der Waals surface area contributed by atoms with Gasteiger partial charge in [0.25, 0.3) is 0 Å². The zero-order valence-corrected chi connectivity index (χ0v) is 14.2. The number of nitrogens with zero attached hydrogens (tertiary/aromatic N) is 2. The molecule has 4 rings (SSSR count). The van der Waals surface area contributed by atoms with Gasteiger partial charge in [-0.1, -0.05) is 5.16 Å². The summed E-state index contributed by atoms with van der Waals surface area (Å²) < 4.78 is 10.8. The van der Waals surface area contributed by atoms with Crippen LogP contribution in [-0.2, 0) is 4.74 Å². The van der Waals surface area contributed by atoms with Gasteiger partial charge >= 0.3 is 6.03 Å². The first kappa shape index (κ1) is 15.9. The number of ether oxygens (including phenoxy) is 1. The Bertz CT molecular complexity index is 588. The van der Waals surface area contributed by atoms with Gasteiger partial charge in [0.05, 0.1) is 0 Å². The number of aryl methyl sites for hydroxylation is 1. The molecule has 1 aliphatic heterocycles. The third-order valence-electron chi connectivity index (χ3n) is 5.77. The molecule has 7 nitrogen and oxygen atoms in total. The highest BCUT2D eigenvalue weighted by molar-refractivity contribution is 5.74. The fourth-order valence-corrected chi connectivity index (χ4v) is 3.90. The van der Waals surface area contributed by atoms with Crippen molar-refractivity contribution in [2.24, 2.45) is 17.3 Å². The van der Waals surface area contributed by atoms with Gasteiger partial charge in [-0.15, -0.1) is 0 Å². The highest BCUT2D eigenvalue weighted by Gasteiger charge is 2.53. The molecule has 3 fully saturated rings. The summed E-state index contributed by atoms with van der Waals surface area (Å²) in [6.07, 6.45) is 6.94. The fraction of sp³-hybridized carbons (Fsp3) is 0.824. The zero-order chi connectivity index (χ0) is 16.6. The summed E-state index contributed by atoms with van der Waals surface area (Å²) in [6.45, 7) is 4.00. The van der Waals surface area contributed by atoms with Gasteiger partial charge in [-0.2, -0.15) is 4.98 Å². The minimum atomic E-state index is -0.244. The van der Waals surface area contributed by atoms with Gasteiger partial charge in [0.2, 0.25) is 5.89 Å². The van der Waals surface area contributed by atoms with Crippen molar-refractivity contribution in [3.05, 3.63) is 11.7 Å². The molecule has 2 aliphatic carbocycles. The van der Waals surface area contributed by atoms with Gasteiger partial charge in [0.1, 0.15) is 6.04 Å². The summed E-state index contributed by atoms with van der Waals surface area (Å²) in [6, 6.07) is -0.375. The van der Waals surface area contributed by atoms with E-state index in [1.54, 1.807) is 6.92 Å². The second kappa shape index (κ2) is 6.35. The quantitative estimate of drug-likeness (QED) is 0.833. The Balaban J connectivity index is 1.38. The molecule has 24 heavy (non-hydrogen) atoms. The number of hydrogen-bond acceptors (Lipinski definition) is 5. The molecule has 0 spiro atoms. The van der Waals surface area contributed by atoms with Gasteiger partial charge in [0.15, 0.2) is 5.82 Å². The molecule has 7 heteroatoms. The highest BCUT2D eigenvalue weighted by atomic mass is 16.5. The summed E-state index contributed by atoms with van der Waals surface area (Å²) in [4.78, 5) is 16.8. The number of rotatable bonds is 6. The SMILES string of the molecule is Cc1noc([C@H](NC(=O)NCC2(C3CC3)CC2)C2CCOCC2)n1. The predicted octanol–water partition coefficient (Wildman–Crippen LogP) is 2.34. The lowest BCUT2D eigenvalue weighted by molar-refractivity contribution is 0.0503. The van der Waals surface area contributed by atoms with E-state index in [1.165, 1.54) is 25.7 Å². The first-order valence-corrected chi connectivity index (χ1v) is 9.09. The van der Waals surface area contributed by atoms with E-state index in [9.17, 15) is 4.79 Å². The number of carbonyl (C=O) groups excluding carboxylic acids is 1. The van der Waals surface area contributed by atoms with E-state index in [-0.39, 0.29) is 18.0 Å². The van der Waals surface area contributed by atoms with Crippen LogP contribution >= 0.6 is 0 Å². The van der Waals surface area contributed by atoms with Gasteiger partial charge in [-0.25, -0.2) is 4.79 Å². The van der Waals surface area contributed by atoms with E-state index in [0.29, 0.717) is 30.3 Å². The van der Waals surface area contributed by atoms with Gasteiger partial charge in [-0.3, -0.25) is 0 Å². The monoisotopic (exact) mass is 334 g/mol. The third kappa shape index (κ3) is 3.41. The van der Waals surface area contributed by atoms with E-state index in [0.717, 1.165) is 25.3 Å². The Hall–Kier alpha value is -1.63. The fourth-order valence-electron chi connectivity index (χ4n) is 3.90. The molecule has 1 atom stereocenters. The number of carbonyl (C=O) groups is 1. The molecular formula is C17H26N4O3. The minimum Gasteiger partial charge on any atom is -0.381 e. The second-order valence-corrected chi connectivity index (χ2v) is 7.57. The van der Waals surface area contributed by atoms with Crippen LogP contribution in [0.2, 0.25) is 0 Å². The molecule has 1 aromatic heterocycles. The lowest BCUT2D eigenvalue weighted by Crippen LogP contribution is -2.44. The number of nitrogens with one attached hydrogen (secondary N) is 2. The van der Waals surface area contributed by atoms with Crippen molar-refractivity contribution in [2.45, 2.75) is 51.5 Å². The van der Waals surface area contributed by atoms with E-state index < -0.39 is 0 Å². The molecule has 3 aliphatic rings. The summed E-state index contributed by atoms with van der Waals surface area (Å²) in [5.41, 5.74) is 0.395. The second-order valence-electron chi connectivity index (χ2n) is 7.57. The Morgan fingerprint density at radius 2 is 2.04 bits per heavy atom. The molecule has 0 bridgehead atoms. The molecule has 1 aromatic rings. The lowest BCUT2D eigenvalue weighted by atomic mass is 9.91. The van der Waals surface area contributed by atoms with Crippen molar-refractivity contribution in [1.82, 2.24) is 20.8 Å². The van der Waals surface area contributed by atoms with Crippen LogP contribution < -0.4 is 10.6 Å². The van der Waals surface area contributed by atoms with E-state index in [4.69, 9.17) is 9.26 Å². The largest absolute Gasteiger partial charge is 0.381 e. The molecule has 2 N–H and O–H groups in total. The average molecular weight is 334 g/mol. The standard InChI is InChI=1S/C17H26N4O3/c1-11-19-15(24-21-11)14(12-4-8-23-9-5-12)20-16(22)18-10-17(6-7-17)13-2-3-13/h12-14H,2-10H2,1H3,(H2,18,20,22)/t14-/m1/s1. The number of amides is 2. The Labute approximate surface area is 141 Å². The maximum absolute atomic E-state index is 12.5. The molecule has 2 heterocycles. The molecule has 132 valence electrons. The van der Waals surface area contributed by atoms with Crippen molar-refractivity contribution in [1.29, 1.82) is 0 Å². The first-order valence-electron chi connectivity index (χ1n) is 9.09. The predicted molar refractivity (Wildman–Crippen MR) is 86.2 cm³/mol. The van der Waals surface area contributed by atoms with Crippen LogP contribution in [-0.4, -0.2) is 35.9 Å². The minimum absolute atomic E-state index is 0.130. The summed E-state index contributed by atoms with van der Waals surface area (Å²) in [7, 11) is 0. The molecule has 0 radical (unpaired) electrons. The smallest absolute Gasteiger partial charge is 0.315 e. The van der Waals surface area contributed by atoms with Crippen LogP contribution in [0.3, 0.4) is 0 Å². The molecule has 1 saturated heterocycles. The summed E-state index contributed by atoms with van der Waals surface area (Å²) in [5, 5.41) is 10.0. The Morgan fingerprint density at radius 1 is 1.29 bits per heavy atom. The van der Waals surface area contributed by atoms with Crippen LogP contribution in [0.1, 0.15) is 56.3 Å². The molecular weight excluding hydrogens is 308 g/mol. The topological polar surface area (TPSA) is 89.3 Å². The van der Waals surface area contributed by atoms with Crippen molar-refractivity contribution < 1.29 is 14.1 Å². The normalized spacial score (nSPS) is 24.4. The highest BCUT2D eigenvalue weighted by Crippen LogP contribution is 2.60. The molecule has 0 unspecified atom stereocenters. The lowest BCUT2D eigenvalue weighted by Gasteiger charge is -2.28. The number of urea groups is 1. The van der Waals surface area contributed by atoms with E-state index >= 15 is 0 Å². The molecule has 0 aromatic carbocycles. The van der Waals surface area contributed by atoms with Crippen molar-refractivity contribution >= 4 is 6.03 Å². The van der Waals surface area contributed by atoms with Crippen molar-refractivity contribution in [3.8, 4) is 0 Å². The molecule has 2 saturated carbocycles. The maximum atomic E-state index is 12.5. The summed E-state index contributed by atoms with van der Waals surface area (Å²) >= 11 is 0. The Kier molecular flexibility index (Phi) is 4.20. The van der Waals surface area contributed by atoms with Crippen molar-refractivity contribution in [2.75, 3.05) is 19.8 Å². The van der Waals surface area contributed by atoms with Crippen LogP contribution in [0.4, 0.5) is 4.79 Å². The van der Waals surface area contributed by atoms with Gasteiger partial charge < -0.3 is 19.9 Å². The van der Waals surface area contributed by atoms with Crippen molar-refractivity contribution in [3.63, 3.8) is 0 Å². The third-order valence-corrected chi connectivity index (χ3v) is 5.77. The Morgan fingerprint density at radius 3 is 2.62 bits per heavy atom. The van der Waals surface area contributed by atoms with Crippen LogP contribution in [0.15, 0.2) is 4.52 Å². The number of hydrogen-bond donors (Lipinski definition) is 2. The van der Waals surface area contributed by atoms with Crippen LogP contribution in [0, 0.1) is 24.2 Å². The number of aromatic nitrogens is 2. The molecule has 2 amide bonds.